The van der Waals surface area contributed by atoms with Crippen molar-refractivity contribution in [3.8, 4) is 5.75 Å². The van der Waals surface area contributed by atoms with Crippen LogP contribution in [0.2, 0.25) is 5.02 Å². The lowest BCUT2D eigenvalue weighted by atomic mass is 10.2. The smallest absolute Gasteiger partial charge is 0.120 e. The minimum absolute atomic E-state index is 0.569. The monoisotopic (exact) mass is 292 g/mol. The van der Waals surface area contributed by atoms with Gasteiger partial charge in [0.2, 0.25) is 0 Å². The molecule has 0 N–H and O–H groups in total. The Morgan fingerprint density at radius 1 is 1.11 bits per heavy atom. The first-order valence-electron chi connectivity index (χ1n) is 6.38. The molecule has 0 saturated heterocycles. The normalized spacial score (nSPS) is 10.4. The summed E-state index contributed by atoms with van der Waals surface area (Å²) < 4.78 is 5.80. The summed E-state index contributed by atoms with van der Waals surface area (Å²) in [6.45, 7) is 2.76. The summed E-state index contributed by atoms with van der Waals surface area (Å²) in [5.41, 5.74) is 1.12. The lowest BCUT2D eigenvalue weighted by molar-refractivity contribution is 0.305. The van der Waals surface area contributed by atoms with Crippen LogP contribution in [-0.4, -0.2) is 5.75 Å². The Balaban J connectivity index is 1.93. The second kappa shape index (κ2) is 7.46. The van der Waals surface area contributed by atoms with Crippen LogP contribution in [-0.2, 0) is 6.61 Å². The molecule has 0 heterocycles. The summed E-state index contributed by atoms with van der Waals surface area (Å²) in [4.78, 5) is 1.26. The van der Waals surface area contributed by atoms with Crippen LogP contribution in [0.4, 0.5) is 0 Å². The quantitative estimate of drug-likeness (QED) is 0.657. The van der Waals surface area contributed by atoms with Gasteiger partial charge in [-0.25, -0.2) is 0 Å². The van der Waals surface area contributed by atoms with Gasteiger partial charge in [-0.15, -0.1) is 11.8 Å². The molecule has 0 radical (unpaired) electrons. The molecule has 19 heavy (non-hydrogen) atoms. The van der Waals surface area contributed by atoms with Gasteiger partial charge in [0.05, 0.1) is 0 Å². The summed E-state index contributed by atoms with van der Waals surface area (Å²) >= 11 is 7.72. The van der Waals surface area contributed by atoms with Crippen LogP contribution in [0, 0.1) is 0 Å². The zero-order valence-corrected chi connectivity index (χ0v) is 12.5. The van der Waals surface area contributed by atoms with E-state index in [1.165, 1.54) is 11.3 Å². The topological polar surface area (TPSA) is 9.23 Å². The summed E-state index contributed by atoms with van der Waals surface area (Å²) in [6.07, 6.45) is 1.18. The molecule has 0 fully saturated rings. The first-order chi connectivity index (χ1) is 9.28. The molecule has 2 aromatic carbocycles. The van der Waals surface area contributed by atoms with E-state index in [4.69, 9.17) is 16.3 Å². The third-order valence-corrected chi connectivity index (χ3v) is 4.05. The maximum Gasteiger partial charge on any atom is 0.120 e. The van der Waals surface area contributed by atoms with Crippen molar-refractivity contribution >= 4 is 23.4 Å². The van der Waals surface area contributed by atoms with Crippen molar-refractivity contribution in [2.45, 2.75) is 24.8 Å². The Hall–Kier alpha value is -1.12. The van der Waals surface area contributed by atoms with Crippen LogP contribution in [0.1, 0.15) is 18.9 Å². The first-order valence-corrected chi connectivity index (χ1v) is 7.74. The number of halogens is 1. The lowest BCUT2D eigenvalue weighted by Gasteiger charge is -2.08. The maximum atomic E-state index is 5.85. The third kappa shape index (κ3) is 4.81. The molecular weight excluding hydrogens is 276 g/mol. The number of benzene rings is 2. The molecule has 0 aliphatic carbocycles. The highest BCUT2D eigenvalue weighted by molar-refractivity contribution is 7.99. The van der Waals surface area contributed by atoms with Gasteiger partial charge < -0.3 is 4.74 Å². The minimum atomic E-state index is 0.569. The summed E-state index contributed by atoms with van der Waals surface area (Å²) in [7, 11) is 0. The molecule has 0 atom stereocenters. The molecule has 0 amide bonds. The average Bonchev–Trinajstić information content (AvgIpc) is 2.45. The average molecular weight is 293 g/mol. The van der Waals surface area contributed by atoms with Crippen molar-refractivity contribution in [3.63, 3.8) is 0 Å². The van der Waals surface area contributed by atoms with Gasteiger partial charge in [-0.05, 0) is 48.1 Å². The van der Waals surface area contributed by atoms with E-state index >= 15 is 0 Å². The van der Waals surface area contributed by atoms with Crippen molar-refractivity contribution in [1.82, 2.24) is 0 Å². The maximum absolute atomic E-state index is 5.85. The second-order valence-electron chi connectivity index (χ2n) is 4.24. The van der Waals surface area contributed by atoms with Crippen molar-refractivity contribution in [3.05, 3.63) is 59.1 Å². The molecule has 2 rings (SSSR count). The van der Waals surface area contributed by atoms with E-state index in [2.05, 4.69) is 19.1 Å². The highest BCUT2D eigenvalue weighted by atomic mass is 35.5. The Morgan fingerprint density at radius 3 is 2.63 bits per heavy atom. The molecule has 0 unspecified atom stereocenters. The van der Waals surface area contributed by atoms with E-state index in [0.29, 0.717) is 6.61 Å². The fourth-order valence-corrected chi connectivity index (χ4v) is 2.56. The predicted octanol–water partition coefficient (Wildman–Crippen LogP) is 5.42. The van der Waals surface area contributed by atoms with Gasteiger partial charge in [0.15, 0.2) is 0 Å². The van der Waals surface area contributed by atoms with Crippen molar-refractivity contribution < 1.29 is 4.74 Å². The number of ether oxygens (including phenoxy) is 1. The Labute approximate surface area is 123 Å². The third-order valence-electron chi connectivity index (χ3n) is 2.60. The van der Waals surface area contributed by atoms with E-state index in [1.54, 1.807) is 0 Å². The van der Waals surface area contributed by atoms with Crippen LogP contribution in [0.5, 0.6) is 5.75 Å². The lowest BCUT2D eigenvalue weighted by Crippen LogP contribution is -1.95. The molecular formula is C16H17ClOS. The highest BCUT2D eigenvalue weighted by Crippen LogP contribution is 2.24. The summed E-state index contributed by atoms with van der Waals surface area (Å²) in [5.74, 6) is 2.05. The van der Waals surface area contributed by atoms with E-state index in [-0.39, 0.29) is 0 Å². The fourth-order valence-electron chi connectivity index (χ4n) is 1.62. The van der Waals surface area contributed by atoms with Crippen molar-refractivity contribution in [1.29, 1.82) is 0 Å². The molecule has 0 aliphatic heterocycles. The molecule has 2 aromatic rings. The standard InChI is InChI=1S/C16H17ClOS/c1-2-10-19-16-5-3-4-15(11-16)18-12-13-6-8-14(17)9-7-13/h3-9,11H,2,10,12H2,1H3. The van der Waals surface area contributed by atoms with Gasteiger partial charge in [-0.3, -0.25) is 0 Å². The predicted molar refractivity (Wildman–Crippen MR) is 83.2 cm³/mol. The molecule has 100 valence electrons. The minimum Gasteiger partial charge on any atom is -0.489 e. The van der Waals surface area contributed by atoms with Crippen LogP contribution in [0.3, 0.4) is 0 Å². The molecule has 1 nitrogen and oxygen atoms in total. The summed E-state index contributed by atoms with van der Waals surface area (Å²) in [6, 6.07) is 16.0. The van der Waals surface area contributed by atoms with Gasteiger partial charge in [0, 0.05) is 9.92 Å². The van der Waals surface area contributed by atoms with Crippen LogP contribution >= 0.6 is 23.4 Å². The molecule has 0 saturated carbocycles. The molecule has 0 spiro atoms. The van der Waals surface area contributed by atoms with Gasteiger partial charge in [0.1, 0.15) is 12.4 Å². The second-order valence-corrected chi connectivity index (χ2v) is 5.84. The zero-order chi connectivity index (χ0) is 13.5. The molecule has 3 heteroatoms. The van der Waals surface area contributed by atoms with Gasteiger partial charge in [-0.1, -0.05) is 36.7 Å². The van der Waals surface area contributed by atoms with Crippen molar-refractivity contribution in [2.24, 2.45) is 0 Å². The van der Waals surface area contributed by atoms with E-state index in [1.807, 2.05) is 48.2 Å². The summed E-state index contributed by atoms with van der Waals surface area (Å²) in [5, 5.41) is 0.752. The molecule has 0 aliphatic rings. The zero-order valence-electron chi connectivity index (χ0n) is 10.9. The molecule has 0 bridgehead atoms. The number of hydrogen-bond acceptors (Lipinski definition) is 2. The fraction of sp³-hybridized carbons (Fsp3) is 0.250. The van der Waals surface area contributed by atoms with Gasteiger partial charge in [0.25, 0.3) is 0 Å². The van der Waals surface area contributed by atoms with E-state index < -0.39 is 0 Å². The Morgan fingerprint density at radius 2 is 1.89 bits per heavy atom. The number of thioether (sulfide) groups is 1. The first kappa shape index (κ1) is 14.3. The van der Waals surface area contributed by atoms with Crippen molar-refractivity contribution in [2.75, 3.05) is 5.75 Å². The Bertz CT molecular complexity index is 510. The van der Waals surface area contributed by atoms with Gasteiger partial charge >= 0.3 is 0 Å². The molecule has 0 aromatic heterocycles. The van der Waals surface area contributed by atoms with Crippen LogP contribution in [0.25, 0.3) is 0 Å². The Kier molecular flexibility index (Phi) is 5.62. The van der Waals surface area contributed by atoms with E-state index in [0.717, 1.165) is 22.1 Å². The van der Waals surface area contributed by atoms with Gasteiger partial charge in [-0.2, -0.15) is 0 Å². The van der Waals surface area contributed by atoms with Crippen LogP contribution in [0.15, 0.2) is 53.4 Å². The largest absolute Gasteiger partial charge is 0.489 e. The number of rotatable bonds is 6. The van der Waals surface area contributed by atoms with E-state index in [9.17, 15) is 0 Å². The SMILES string of the molecule is CCCSc1cccc(OCc2ccc(Cl)cc2)c1. The highest BCUT2D eigenvalue weighted by Gasteiger charge is 1.99. The number of hydrogen-bond donors (Lipinski definition) is 0. The van der Waals surface area contributed by atoms with Crippen LogP contribution < -0.4 is 4.74 Å².